The lowest BCUT2D eigenvalue weighted by Crippen LogP contribution is -2.46. The van der Waals surface area contributed by atoms with E-state index in [1.54, 1.807) is 0 Å². The van der Waals surface area contributed by atoms with E-state index < -0.39 is 5.60 Å². The highest BCUT2D eigenvalue weighted by Gasteiger charge is 2.21. The van der Waals surface area contributed by atoms with Crippen molar-refractivity contribution in [2.75, 3.05) is 45.8 Å². The minimum absolute atomic E-state index is 0. The number of rotatable bonds is 9. The third kappa shape index (κ3) is 14.8. The first kappa shape index (κ1) is 28.2. The molecule has 1 saturated heterocycles. The molecular formula is C20H42IN5O3. The SMILES string of the molecule is CCNC(=NCCCNC(=O)OC(C)(C)C)NCCCN1CC(C)OC(C)C1.I. The Morgan fingerprint density at radius 1 is 1.10 bits per heavy atom. The van der Waals surface area contributed by atoms with Crippen molar-refractivity contribution < 1.29 is 14.3 Å². The number of halogens is 1. The molecule has 1 amide bonds. The molecule has 1 fully saturated rings. The molecule has 1 aliphatic rings. The summed E-state index contributed by atoms with van der Waals surface area (Å²) in [6, 6.07) is 0. The van der Waals surface area contributed by atoms with Crippen LogP contribution in [0.25, 0.3) is 0 Å². The van der Waals surface area contributed by atoms with Gasteiger partial charge in [-0.3, -0.25) is 9.89 Å². The van der Waals surface area contributed by atoms with Gasteiger partial charge in [0.05, 0.1) is 12.2 Å². The summed E-state index contributed by atoms with van der Waals surface area (Å²) in [5.74, 6) is 0.823. The van der Waals surface area contributed by atoms with Gasteiger partial charge in [-0.2, -0.15) is 0 Å². The van der Waals surface area contributed by atoms with Gasteiger partial charge >= 0.3 is 6.09 Å². The third-order valence-corrected chi connectivity index (χ3v) is 4.06. The number of nitrogens with one attached hydrogen (secondary N) is 3. The first-order valence-corrected chi connectivity index (χ1v) is 10.6. The number of hydrogen-bond donors (Lipinski definition) is 3. The summed E-state index contributed by atoms with van der Waals surface area (Å²) in [5, 5.41) is 9.40. The summed E-state index contributed by atoms with van der Waals surface area (Å²) in [6.45, 7) is 17.8. The lowest BCUT2D eigenvalue weighted by atomic mass is 10.2. The van der Waals surface area contributed by atoms with Crippen LogP contribution in [0.5, 0.6) is 0 Å². The van der Waals surface area contributed by atoms with Crippen LogP contribution in [0.1, 0.15) is 54.4 Å². The molecule has 0 aromatic rings. The van der Waals surface area contributed by atoms with Gasteiger partial charge in [-0.25, -0.2) is 4.79 Å². The van der Waals surface area contributed by atoms with Crippen LogP contribution in [-0.2, 0) is 9.47 Å². The maximum absolute atomic E-state index is 11.6. The lowest BCUT2D eigenvalue weighted by Gasteiger charge is -2.35. The number of guanidine groups is 1. The van der Waals surface area contributed by atoms with E-state index in [9.17, 15) is 4.79 Å². The monoisotopic (exact) mass is 527 g/mol. The Hall–Kier alpha value is -0.810. The van der Waals surface area contributed by atoms with Crippen LogP contribution in [0.3, 0.4) is 0 Å². The maximum atomic E-state index is 11.6. The van der Waals surface area contributed by atoms with Crippen LogP contribution < -0.4 is 16.0 Å². The van der Waals surface area contributed by atoms with Gasteiger partial charge < -0.3 is 25.4 Å². The molecular weight excluding hydrogens is 485 g/mol. The summed E-state index contributed by atoms with van der Waals surface area (Å²) >= 11 is 0. The summed E-state index contributed by atoms with van der Waals surface area (Å²) in [5.41, 5.74) is -0.471. The van der Waals surface area contributed by atoms with Gasteiger partial charge in [0.25, 0.3) is 0 Å². The topological polar surface area (TPSA) is 87.2 Å². The molecule has 172 valence electrons. The third-order valence-electron chi connectivity index (χ3n) is 4.06. The van der Waals surface area contributed by atoms with E-state index in [0.29, 0.717) is 25.3 Å². The van der Waals surface area contributed by atoms with E-state index in [4.69, 9.17) is 9.47 Å². The Bertz CT molecular complexity index is 475. The molecule has 1 rings (SSSR count). The summed E-state index contributed by atoms with van der Waals surface area (Å²) in [7, 11) is 0. The van der Waals surface area contributed by atoms with Crippen molar-refractivity contribution in [1.82, 2.24) is 20.9 Å². The summed E-state index contributed by atoms with van der Waals surface area (Å²) < 4.78 is 11.0. The van der Waals surface area contributed by atoms with Crippen LogP contribution in [0, 0.1) is 0 Å². The van der Waals surface area contributed by atoms with Gasteiger partial charge in [0, 0.05) is 45.8 Å². The number of ether oxygens (including phenoxy) is 2. The van der Waals surface area contributed by atoms with Crippen molar-refractivity contribution in [3.8, 4) is 0 Å². The van der Waals surface area contributed by atoms with Gasteiger partial charge in [0.15, 0.2) is 5.96 Å². The number of morpholine rings is 1. The molecule has 8 nitrogen and oxygen atoms in total. The van der Waals surface area contributed by atoms with Gasteiger partial charge in [-0.15, -0.1) is 24.0 Å². The highest BCUT2D eigenvalue weighted by Crippen LogP contribution is 2.10. The minimum Gasteiger partial charge on any atom is -0.444 e. The van der Waals surface area contributed by atoms with Crippen LogP contribution >= 0.6 is 24.0 Å². The normalized spacial score (nSPS) is 20.6. The summed E-state index contributed by atoms with van der Waals surface area (Å²) in [6.07, 6.45) is 2.06. The van der Waals surface area contributed by atoms with Crippen LogP contribution in [0.15, 0.2) is 4.99 Å². The molecule has 0 aromatic carbocycles. The van der Waals surface area contributed by atoms with E-state index >= 15 is 0 Å². The molecule has 0 aliphatic carbocycles. The average Bonchev–Trinajstić information content (AvgIpc) is 2.55. The van der Waals surface area contributed by atoms with Crippen LogP contribution in [0.2, 0.25) is 0 Å². The second-order valence-corrected chi connectivity index (χ2v) is 8.34. The zero-order chi connectivity index (χ0) is 21.0. The maximum Gasteiger partial charge on any atom is 0.407 e. The molecule has 0 saturated carbocycles. The van der Waals surface area contributed by atoms with E-state index in [1.165, 1.54) is 0 Å². The number of alkyl carbamates (subject to hydrolysis) is 1. The fourth-order valence-corrected chi connectivity index (χ4v) is 3.09. The molecule has 1 heterocycles. The quantitative estimate of drug-likeness (QED) is 0.185. The smallest absolute Gasteiger partial charge is 0.407 e. The van der Waals surface area contributed by atoms with Gasteiger partial charge in [0.2, 0.25) is 0 Å². The molecule has 0 bridgehead atoms. The fraction of sp³-hybridized carbons (Fsp3) is 0.900. The van der Waals surface area contributed by atoms with E-state index in [-0.39, 0.29) is 30.1 Å². The van der Waals surface area contributed by atoms with Gasteiger partial charge in [-0.05, 0) is 54.4 Å². The molecule has 3 N–H and O–H groups in total. The Balaban J connectivity index is 0.00000784. The second-order valence-electron chi connectivity index (χ2n) is 8.34. The molecule has 2 atom stereocenters. The number of nitrogens with zero attached hydrogens (tertiary/aromatic N) is 2. The van der Waals surface area contributed by atoms with E-state index in [1.807, 2.05) is 20.8 Å². The molecule has 29 heavy (non-hydrogen) atoms. The fourth-order valence-electron chi connectivity index (χ4n) is 3.09. The predicted molar refractivity (Wildman–Crippen MR) is 129 cm³/mol. The molecule has 0 aromatic heterocycles. The Labute approximate surface area is 194 Å². The van der Waals surface area contributed by atoms with Crippen molar-refractivity contribution in [1.29, 1.82) is 0 Å². The Morgan fingerprint density at radius 2 is 1.72 bits per heavy atom. The Morgan fingerprint density at radius 3 is 2.31 bits per heavy atom. The Kier molecular flexibility index (Phi) is 14.6. The molecule has 0 radical (unpaired) electrons. The van der Waals surface area contributed by atoms with Crippen molar-refractivity contribution >= 4 is 36.0 Å². The molecule has 1 aliphatic heterocycles. The van der Waals surface area contributed by atoms with Crippen molar-refractivity contribution in [2.24, 2.45) is 4.99 Å². The first-order chi connectivity index (χ1) is 13.2. The average molecular weight is 527 g/mol. The number of carbonyl (C=O) groups is 1. The van der Waals surface area contributed by atoms with Crippen LogP contribution in [-0.4, -0.2) is 80.6 Å². The summed E-state index contributed by atoms with van der Waals surface area (Å²) in [4.78, 5) is 18.6. The number of hydrogen-bond acceptors (Lipinski definition) is 5. The van der Waals surface area contributed by atoms with E-state index in [2.05, 4.69) is 46.6 Å². The van der Waals surface area contributed by atoms with Gasteiger partial charge in [-0.1, -0.05) is 0 Å². The number of amides is 1. The van der Waals surface area contributed by atoms with Crippen molar-refractivity contribution in [3.63, 3.8) is 0 Å². The van der Waals surface area contributed by atoms with Crippen LogP contribution in [0.4, 0.5) is 4.79 Å². The molecule has 2 unspecified atom stereocenters. The first-order valence-electron chi connectivity index (χ1n) is 10.6. The zero-order valence-electron chi connectivity index (χ0n) is 19.0. The van der Waals surface area contributed by atoms with E-state index in [0.717, 1.165) is 51.5 Å². The second kappa shape index (κ2) is 15.1. The zero-order valence-corrected chi connectivity index (χ0v) is 21.4. The number of aliphatic imine (C=N–C) groups is 1. The predicted octanol–water partition coefficient (Wildman–Crippen LogP) is 2.57. The van der Waals surface area contributed by atoms with Gasteiger partial charge in [0.1, 0.15) is 5.60 Å². The largest absolute Gasteiger partial charge is 0.444 e. The highest BCUT2D eigenvalue weighted by atomic mass is 127. The molecule has 9 heteroatoms. The minimum atomic E-state index is -0.471. The van der Waals surface area contributed by atoms with Crippen molar-refractivity contribution in [3.05, 3.63) is 0 Å². The molecule has 0 spiro atoms. The number of carbonyl (C=O) groups excluding carboxylic acids is 1. The highest BCUT2D eigenvalue weighted by molar-refractivity contribution is 14.0. The van der Waals surface area contributed by atoms with Crippen molar-refractivity contribution in [2.45, 2.75) is 72.2 Å². The standard InChI is InChI=1S/C20H41N5O3.HI/c1-7-21-18(22-10-8-11-24-19(26)28-20(4,5)6)23-12-9-13-25-14-16(2)27-17(3)15-25;/h16-17H,7-15H2,1-6H3,(H,24,26)(H2,21,22,23);1H. The lowest BCUT2D eigenvalue weighted by molar-refractivity contribution is -0.0679.